The van der Waals surface area contributed by atoms with E-state index >= 15 is 0 Å². The number of hydrogen-bond acceptors (Lipinski definition) is 5. The van der Waals surface area contributed by atoms with Crippen LogP contribution in [0, 0.1) is 0 Å². The second-order valence-corrected chi connectivity index (χ2v) is 4.40. The summed E-state index contributed by atoms with van der Waals surface area (Å²) < 4.78 is 4.50. The van der Waals surface area contributed by atoms with Crippen LogP contribution in [0.3, 0.4) is 0 Å². The van der Waals surface area contributed by atoms with Crippen molar-refractivity contribution in [2.75, 3.05) is 13.7 Å². The van der Waals surface area contributed by atoms with E-state index in [1.807, 2.05) is 13.8 Å². The molecule has 2 amide bonds. The molecule has 2 atom stereocenters. The number of amides is 2. The zero-order valence-corrected chi connectivity index (χ0v) is 11.1. The molecule has 18 heavy (non-hydrogen) atoms. The van der Waals surface area contributed by atoms with Crippen LogP contribution in [0.15, 0.2) is 0 Å². The van der Waals surface area contributed by atoms with Gasteiger partial charge in [0, 0.05) is 12.6 Å². The van der Waals surface area contributed by atoms with Crippen LogP contribution in [-0.4, -0.2) is 48.4 Å². The van der Waals surface area contributed by atoms with Gasteiger partial charge in [-0.2, -0.15) is 0 Å². The molecular weight excluding hydrogens is 236 g/mol. The number of nitrogens with one attached hydrogen (secondary N) is 1. The molecular formula is C12H20N2O4. The lowest BCUT2D eigenvalue weighted by Gasteiger charge is -2.21. The number of esters is 1. The highest BCUT2D eigenvalue weighted by molar-refractivity contribution is 6.05. The Bertz CT molecular complexity index is 343. The molecule has 0 aromatic heterocycles. The van der Waals surface area contributed by atoms with Gasteiger partial charge in [0.15, 0.2) is 0 Å². The second kappa shape index (κ2) is 6.49. The Hall–Kier alpha value is -1.43. The van der Waals surface area contributed by atoms with Crippen LogP contribution < -0.4 is 5.32 Å². The zero-order chi connectivity index (χ0) is 13.7. The van der Waals surface area contributed by atoms with Crippen molar-refractivity contribution in [3.05, 3.63) is 0 Å². The number of nitrogens with zero attached hydrogens (tertiary/aromatic N) is 1. The molecule has 0 spiro atoms. The molecule has 1 saturated heterocycles. The maximum atomic E-state index is 12.0. The molecule has 1 fully saturated rings. The first-order valence-corrected chi connectivity index (χ1v) is 6.17. The van der Waals surface area contributed by atoms with Gasteiger partial charge in [0.1, 0.15) is 0 Å². The molecule has 6 heteroatoms. The van der Waals surface area contributed by atoms with Crippen molar-refractivity contribution in [3.63, 3.8) is 0 Å². The molecule has 6 nitrogen and oxygen atoms in total. The summed E-state index contributed by atoms with van der Waals surface area (Å²) in [6, 6.07) is -0.575. The molecule has 102 valence electrons. The lowest BCUT2D eigenvalue weighted by molar-refractivity contribution is -0.142. The summed E-state index contributed by atoms with van der Waals surface area (Å²) in [5.74, 6) is -0.679. The smallest absolute Gasteiger partial charge is 0.306 e. The van der Waals surface area contributed by atoms with Gasteiger partial charge in [-0.25, -0.2) is 0 Å². The van der Waals surface area contributed by atoms with E-state index < -0.39 is 6.04 Å². The van der Waals surface area contributed by atoms with Crippen LogP contribution in [0.2, 0.25) is 0 Å². The summed E-state index contributed by atoms with van der Waals surface area (Å²) in [6.45, 7) is 4.13. The van der Waals surface area contributed by atoms with E-state index in [-0.39, 0.29) is 36.7 Å². The van der Waals surface area contributed by atoms with E-state index in [1.165, 1.54) is 12.0 Å². The molecule has 1 aliphatic heterocycles. The van der Waals surface area contributed by atoms with Gasteiger partial charge in [0.25, 0.3) is 0 Å². The Morgan fingerprint density at radius 3 is 2.78 bits per heavy atom. The lowest BCUT2D eigenvalue weighted by Crippen LogP contribution is -2.43. The first kappa shape index (κ1) is 14.6. The average molecular weight is 256 g/mol. The molecule has 0 bridgehead atoms. The monoisotopic (exact) mass is 256 g/mol. The second-order valence-electron chi connectivity index (χ2n) is 4.40. The van der Waals surface area contributed by atoms with Crippen LogP contribution in [0.4, 0.5) is 0 Å². The molecule has 1 N–H and O–H groups in total. The summed E-state index contributed by atoms with van der Waals surface area (Å²) >= 11 is 0. The number of ether oxygens (including phenoxy) is 1. The fraction of sp³-hybridized carbons (Fsp3) is 0.750. The van der Waals surface area contributed by atoms with E-state index in [9.17, 15) is 14.4 Å². The van der Waals surface area contributed by atoms with E-state index in [4.69, 9.17) is 0 Å². The Morgan fingerprint density at radius 1 is 1.56 bits per heavy atom. The van der Waals surface area contributed by atoms with Crippen molar-refractivity contribution in [2.45, 2.75) is 45.2 Å². The highest BCUT2D eigenvalue weighted by atomic mass is 16.5. The third kappa shape index (κ3) is 3.29. The van der Waals surface area contributed by atoms with Crippen molar-refractivity contribution in [3.8, 4) is 0 Å². The van der Waals surface area contributed by atoms with E-state index in [1.54, 1.807) is 0 Å². The van der Waals surface area contributed by atoms with Crippen molar-refractivity contribution in [1.29, 1.82) is 0 Å². The Labute approximate surface area is 107 Å². The minimum Gasteiger partial charge on any atom is -0.469 e. The first-order chi connectivity index (χ1) is 8.51. The largest absolute Gasteiger partial charge is 0.469 e. The van der Waals surface area contributed by atoms with Gasteiger partial charge in [-0.3, -0.25) is 19.3 Å². The molecule has 0 aliphatic carbocycles. The number of carbonyl (C=O) groups is 3. The number of likely N-dealkylation sites (tertiary alicyclic amines) is 1. The highest BCUT2D eigenvalue weighted by Gasteiger charge is 2.40. The summed E-state index contributed by atoms with van der Waals surface area (Å²) in [5, 5.41) is 2.92. The maximum absolute atomic E-state index is 12.0. The van der Waals surface area contributed by atoms with Gasteiger partial charge in [-0.15, -0.1) is 0 Å². The predicted molar refractivity (Wildman–Crippen MR) is 64.6 cm³/mol. The van der Waals surface area contributed by atoms with E-state index in [2.05, 4.69) is 10.1 Å². The summed E-state index contributed by atoms with van der Waals surface area (Å²) in [5.41, 5.74) is 0. The standard InChI is InChI=1S/C12H20N2O4/c1-4-8(2)14-10(15)7-9(12(14)17)13-6-5-11(16)18-3/h8-9,13H,4-7H2,1-3H3. The third-order valence-corrected chi connectivity index (χ3v) is 3.16. The van der Waals surface area contributed by atoms with Crippen LogP contribution >= 0.6 is 0 Å². The minimum absolute atomic E-state index is 0.0718. The summed E-state index contributed by atoms with van der Waals surface area (Å²) in [6.07, 6.45) is 1.11. The topological polar surface area (TPSA) is 75.7 Å². The van der Waals surface area contributed by atoms with E-state index in [0.29, 0.717) is 6.54 Å². The molecule has 0 radical (unpaired) electrons. The number of hydrogen-bond donors (Lipinski definition) is 1. The van der Waals surface area contributed by atoms with Crippen molar-refractivity contribution in [1.82, 2.24) is 10.2 Å². The number of methoxy groups -OCH3 is 1. The quantitative estimate of drug-likeness (QED) is 0.537. The fourth-order valence-corrected chi connectivity index (χ4v) is 1.91. The average Bonchev–Trinajstić information content (AvgIpc) is 2.63. The Kier molecular flexibility index (Phi) is 5.27. The highest BCUT2D eigenvalue weighted by Crippen LogP contribution is 2.17. The van der Waals surface area contributed by atoms with Gasteiger partial charge >= 0.3 is 5.97 Å². The summed E-state index contributed by atoms with van der Waals surface area (Å²) in [4.78, 5) is 36.0. The van der Waals surface area contributed by atoms with Crippen molar-refractivity contribution < 1.29 is 19.1 Å². The van der Waals surface area contributed by atoms with Crippen LogP contribution in [0.5, 0.6) is 0 Å². The van der Waals surface area contributed by atoms with E-state index in [0.717, 1.165) is 6.42 Å². The summed E-state index contributed by atoms with van der Waals surface area (Å²) in [7, 11) is 1.32. The number of rotatable bonds is 6. The van der Waals surface area contributed by atoms with Gasteiger partial charge < -0.3 is 10.1 Å². The Morgan fingerprint density at radius 2 is 2.22 bits per heavy atom. The molecule has 1 aliphatic rings. The molecule has 2 unspecified atom stereocenters. The van der Waals surface area contributed by atoms with Crippen LogP contribution in [0.25, 0.3) is 0 Å². The maximum Gasteiger partial charge on any atom is 0.306 e. The van der Waals surface area contributed by atoms with Crippen molar-refractivity contribution in [2.24, 2.45) is 0 Å². The van der Waals surface area contributed by atoms with Gasteiger partial charge in [-0.1, -0.05) is 6.92 Å². The molecule has 1 heterocycles. The first-order valence-electron chi connectivity index (χ1n) is 6.17. The van der Waals surface area contributed by atoms with Gasteiger partial charge in [-0.05, 0) is 13.3 Å². The predicted octanol–water partition coefficient (Wildman–Crippen LogP) is 0.0651. The normalized spacial score (nSPS) is 21.3. The zero-order valence-electron chi connectivity index (χ0n) is 11.1. The minimum atomic E-state index is -0.504. The molecule has 0 aromatic carbocycles. The van der Waals surface area contributed by atoms with Crippen molar-refractivity contribution >= 4 is 17.8 Å². The SMILES string of the molecule is CCC(C)N1C(=O)CC(NCCC(=O)OC)C1=O. The van der Waals surface area contributed by atoms with Crippen LogP contribution in [-0.2, 0) is 19.1 Å². The third-order valence-electron chi connectivity index (χ3n) is 3.16. The molecule has 0 saturated carbocycles. The van der Waals surface area contributed by atoms with Gasteiger partial charge in [0.2, 0.25) is 11.8 Å². The van der Waals surface area contributed by atoms with Gasteiger partial charge in [0.05, 0.1) is 26.0 Å². The number of carbonyl (C=O) groups excluding carboxylic acids is 3. The van der Waals surface area contributed by atoms with Crippen LogP contribution in [0.1, 0.15) is 33.1 Å². The Balaban J connectivity index is 2.48. The lowest BCUT2D eigenvalue weighted by atomic mass is 10.2. The fourth-order valence-electron chi connectivity index (χ4n) is 1.91. The number of imide groups is 1. The molecule has 0 aromatic rings. The molecule has 1 rings (SSSR count).